The topological polar surface area (TPSA) is 26.0 Å². The minimum absolute atomic E-state index is 0.117. The average molecular weight is 197 g/mol. The lowest BCUT2D eigenvalue weighted by molar-refractivity contribution is 0.609. The Bertz CT molecular complexity index is 338. The Kier molecular flexibility index (Phi) is 2.30. The molecule has 1 heterocycles. The van der Waals surface area contributed by atoms with E-state index in [1.807, 2.05) is 6.07 Å². The molecule has 0 bridgehead atoms. The first-order valence-electron chi connectivity index (χ1n) is 4.34. The SMILES string of the molecule is Cc1cc2c(cc1F)CC(N)CS2. The Morgan fingerprint density at radius 1 is 1.54 bits per heavy atom. The van der Waals surface area contributed by atoms with E-state index in [1.165, 1.54) is 4.90 Å². The van der Waals surface area contributed by atoms with Crippen LogP contribution in [0, 0.1) is 12.7 Å². The van der Waals surface area contributed by atoms with E-state index in [-0.39, 0.29) is 11.9 Å². The van der Waals surface area contributed by atoms with Crippen molar-refractivity contribution in [3.63, 3.8) is 0 Å². The summed E-state index contributed by atoms with van der Waals surface area (Å²) < 4.78 is 13.2. The fourth-order valence-corrected chi connectivity index (χ4v) is 2.63. The van der Waals surface area contributed by atoms with Crippen molar-refractivity contribution in [3.8, 4) is 0 Å². The molecule has 3 heteroatoms. The van der Waals surface area contributed by atoms with Gasteiger partial charge in [0.25, 0.3) is 0 Å². The van der Waals surface area contributed by atoms with E-state index in [1.54, 1.807) is 24.8 Å². The highest BCUT2D eigenvalue weighted by molar-refractivity contribution is 7.99. The lowest BCUT2D eigenvalue weighted by Gasteiger charge is -2.21. The van der Waals surface area contributed by atoms with Crippen LogP contribution >= 0.6 is 11.8 Å². The largest absolute Gasteiger partial charge is 0.327 e. The fourth-order valence-electron chi connectivity index (χ4n) is 1.53. The van der Waals surface area contributed by atoms with Crippen molar-refractivity contribution in [2.75, 3.05) is 5.75 Å². The number of rotatable bonds is 0. The van der Waals surface area contributed by atoms with Gasteiger partial charge in [-0.2, -0.15) is 0 Å². The van der Waals surface area contributed by atoms with Gasteiger partial charge in [0, 0.05) is 16.7 Å². The van der Waals surface area contributed by atoms with Crippen LogP contribution in [0.25, 0.3) is 0 Å². The van der Waals surface area contributed by atoms with Crippen molar-refractivity contribution in [1.29, 1.82) is 0 Å². The third-order valence-corrected chi connectivity index (χ3v) is 3.56. The second-order valence-corrected chi connectivity index (χ2v) is 4.55. The second kappa shape index (κ2) is 3.31. The number of fused-ring (bicyclic) bond motifs is 1. The minimum Gasteiger partial charge on any atom is -0.327 e. The molecule has 0 aromatic heterocycles. The molecule has 1 atom stereocenters. The third kappa shape index (κ3) is 1.71. The van der Waals surface area contributed by atoms with Crippen molar-refractivity contribution in [2.45, 2.75) is 24.3 Å². The molecule has 0 fully saturated rings. The van der Waals surface area contributed by atoms with Crippen LogP contribution in [0.3, 0.4) is 0 Å². The van der Waals surface area contributed by atoms with Crippen LogP contribution in [-0.2, 0) is 6.42 Å². The first kappa shape index (κ1) is 9.03. The molecule has 2 rings (SSSR count). The lowest BCUT2D eigenvalue weighted by Crippen LogP contribution is -2.28. The van der Waals surface area contributed by atoms with E-state index in [9.17, 15) is 4.39 Å². The van der Waals surface area contributed by atoms with E-state index >= 15 is 0 Å². The Labute approximate surface area is 81.5 Å². The molecule has 1 nitrogen and oxygen atoms in total. The quantitative estimate of drug-likeness (QED) is 0.689. The van der Waals surface area contributed by atoms with Gasteiger partial charge in [0.05, 0.1) is 0 Å². The van der Waals surface area contributed by atoms with E-state index < -0.39 is 0 Å². The van der Waals surface area contributed by atoms with E-state index in [0.29, 0.717) is 0 Å². The molecule has 70 valence electrons. The molecular formula is C10H12FNS. The molecule has 1 aromatic rings. The van der Waals surface area contributed by atoms with Gasteiger partial charge in [-0.3, -0.25) is 0 Å². The van der Waals surface area contributed by atoms with Crippen molar-refractivity contribution in [2.24, 2.45) is 5.73 Å². The number of hydrogen-bond acceptors (Lipinski definition) is 2. The molecule has 1 unspecified atom stereocenters. The zero-order chi connectivity index (χ0) is 9.42. The Morgan fingerprint density at radius 3 is 3.08 bits per heavy atom. The Morgan fingerprint density at radius 2 is 2.31 bits per heavy atom. The molecule has 0 saturated heterocycles. The lowest BCUT2D eigenvalue weighted by atomic mass is 10.0. The van der Waals surface area contributed by atoms with Crippen LogP contribution in [0.1, 0.15) is 11.1 Å². The molecule has 1 aromatic carbocycles. The van der Waals surface area contributed by atoms with Crippen LogP contribution in [0.5, 0.6) is 0 Å². The second-order valence-electron chi connectivity index (χ2n) is 3.48. The maximum Gasteiger partial charge on any atom is 0.126 e. The highest BCUT2D eigenvalue weighted by Gasteiger charge is 2.17. The minimum atomic E-state index is -0.117. The molecule has 0 radical (unpaired) electrons. The maximum absolute atomic E-state index is 13.2. The summed E-state index contributed by atoms with van der Waals surface area (Å²) in [5.41, 5.74) is 7.58. The van der Waals surface area contributed by atoms with Gasteiger partial charge in [-0.05, 0) is 36.6 Å². The summed E-state index contributed by atoms with van der Waals surface area (Å²) in [7, 11) is 0. The van der Waals surface area contributed by atoms with Crippen molar-refractivity contribution < 1.29 is 4.39 Å². The average Bonchev–Trinajstić information content (AvgIpc) is 2.08. The summed E-state index contributed by atoms with van der Waals surface area (Å²) in [6, 6.07) is 3.72. The van der Waals surface area contributed by atoms with Crippen LogP contribution in [-0.4, -0.2) is 11.8 Å². The van der Waals surface area contributed by atoms with Crippen molar-refractivity contribution in [1.82, 2.24) is 0 Å². The van der Waals surface area contributed by atoms with Crippen LogP contribution in [0.2, 0.25) is 0 Å². The van der Waals surface area contributed by atoms with E-state index in [0.717, 1.165) is 23.3 Å². The van der Waals surface area contributed by atoms with Gasteiger partial charge in [-0.1, -0.05) is 0 Å². The predicted molar refractivity (Wildman–Crippen MR) is 53.5 cm³/mol. The van der Waals surface area contributed by atoms with Gasteiger partial charge in [-0.15, -0.1) is 11.8 Å². The van der Waals surface area contributed by atoms with Gasteiger partial charge in [-0.25, -0.2) is 4.39 Å². The molecule has 0 aliphatic carbocycles. The predicted octanol–water partition coefficient (Wildman–Crippen LogP) is 2.11. The van der Waals surface area contributed by atoms with Crippen LogP contribution in [0.4, 0.5) is 4.39 Å². The van der Waals surface area contributed by atoms with E-state index in [4.69, 9.17) is 5.73 Å². The van der Waals surface area contributed by atoms with Gasteiger partial charge in [0.1, 0.15) is 5.82 Å². The first-order valence-corrected chi connectivity index (χ1v) is 5.33. The van der Waals surface area contributed by atoms with Crippen molar-refractivity contribution in [3.05, 3.63) is 29.1 Å². The molecule has 0 saturated carbocycles. The number of thioether (sulfide) groups is 1. The fraction of sp³-hybridized carbons (Fsp3) is 0.400. The zero-order valence-electron chi connectivity index (χ0n) is 7.51. The Hall–Kier alpha value is -0.540. The summed E-state index contributed by atoms with van der Waals surface area (Å²) in [6.07, 6.45) is 0.805. The molecule has 2 N–H and O–H groups in total. The Balaban J connectivity index is 2.43. The van der Waals surface area contributed by atoms with Crippen LogP contribution < -0.4 is 5.73 Å². The first-order chi connectivity index (χ1) is 6.16. The smallest absolute Gasteiger partial charge is 0.126 e. The summed E-state index contributed by atoms with van der Waals surface area (Å²) in [4.78, 5) is 1.20. The van der Waals surface area contributed by atoms with Crippen LogP contribution in [0.15, 0.2) is 17.0 Å². The van der Waals surface area contributed by atoms with Gasteiger partial charge < -0.3 is 5.73 Å². The highest BCUT2D eigenvalue weighted by Crippen LogP contribution is 2.31. The molecule has 1 aliphatic heterocycles. The van der Waals surface area contributed by atoms with E-state index in [2.05, 4.69) is 0 Å². The maximum atomic E-state index is 13.2. The number of hydrogen-bond donors (Lipinski definition) is 1. The van der Waals surface area contributed by atoms with Gasteiger partial charge in [0.15, 0.2) is 0 Å². The number of halogens is 1. The number of nitrogens with two attached hydrogens (primary N) is 1. The van der Waals surface area contributed by atoms with Gasteiger partial charge >= 0.3 is 0 Å². The third-order valence-electron chi connectivity index (χ3n) is 2.28. The van der Waals surface area contributed by atoms with Crippen molar-refractivity contribution >= 4 is 11.8 Å². The summed E-state index contributed by atoms with van der Waals surface area (Å²) >= 11 is 1.73. The summed E-state index contributed by atoms with van der Waals surface area (Å²) in [5, 5.41) is 0. The monoisotopic (exact) mass is 197 g/mol. The normalized spacial score (nSPS) is 21.3. The molecule has 0 amide bonds. The number of benzene rings is 1. The molecule has 0 spiro atoms. The zero-order valence-corrected chi connectivity index (χ0v) is 8.33. The molecule has 13 heavy (non-hydrogen) atoms. The standard InChI is InChI=1S/C10H12FNS/c1-6-2-10-7(4-9(6)11)3-8(12)5-13-10/h2,4,8H,3,5,12H2,1H3. The molecule has 1 aliphatic rings. The summed E-state index contributed by atoms with van der Waals surface area (Å²) in [6.45, 7) is 1.80. The summed E-state index contributed by atoms with van der Waals surface area (Å²) in [5.74, 6) is 0.825. The van der Waals surface area contributed by atoms with Gasteiger partial charge in [0.2, 0.25) is 0 Å². The highest BCUT2D eigenvalue weighted by atomic mass is 32.2. The number of aryl methyl sites for hydroxylation is 1. The molecular weight excluding hydrogens is 185 g/mol.